The quantitative estimate of drug-likeness (QED) is 0.419. The molecule has 0 bridgehead atoms. The third-order valence-corrected chi connectivity index (χ3v) is 2.29. The zero-order chi connectivity index (χ0) is 11.3. The van der Waals surface area contributed by atoms with Gasteiger partial charge < -0.3 is 14.7 Å². The van der Waals surface area contributed by atoms with E-state index in [0.29, 0.717) is 24.8 Å². The van der Waals surface area contributed by atoms with Crippen LogP contribution in [-0.2, 0) is 4.74 Å². The summed E-state index contributed by atoms with van der Waals surface area (Å²) in [6, 6.07) is 3.58. The highest BCUT2D eigenvalue weighted by molar-refractivity contribution is 5.17. The molecular formula is C11H17NO3. The van der Waals surface area contributed by atoms with E-state index in [1.165, 1.54) is 0 Å². The first-order valence-corrected chi connectivity index (χ1v) is 4.98. The molecule has 0 amide bonds. The van der Waals surface area contributed by atoms with Gasteiger partial charge in [-0.15, -0.1) is 4.73 Å². The van der Waals surface area contributed by atoms with Crippen LogP contribution in [-0.4, -0.2) is 20.3 Å². The first kappa shape index (κ1) is 11.8. The van der Waals surface area contributed by atoms with E-state index in [9.17, 15) is 5.21 Å². The van der Waals surface area contributed by atoms with Crippen molar-refractivity contribution < 1.29 is 14.2 Å². The molecule has 0 radical (unpaired) electrons. The number of ether oxygens (including phenoxy) is 2. The second-order valence-electron chi connectivity index (χ2n) is 3.43. The number of hydrogen-bond acceptors (Lipinski definition) is 3. The van der Waals surface area contributed by atoms with Crippen LogP contribution in [0.15, 0.2) is 12.1 Å². The maximum Gasteiger partial charge on any atom is 0.379 e. The lowest BCUT2D eigenvalue weighted by Crippen LogP contribution is -2.33. The van der Waals surface area contributed by atoms with Gasteiger partial charge in [-0.3, -0.25) is 0 Å². The van der Waals surface area contributed by atoms with Gasteiger partial charge in [0.1, 0.15) is 0 Å². The molecule has 15 heavy (non-hydrogen) atoms. The SMILES string of the molecule is COCCCOc1ccc(C)c(C)[n+]1[O-]. The van der Waals surface area contributed by atoms with Crippen molar-refractivity contribution >= 4 is 0 Å². The fourth-order valence-corrected chi connectivity index (χ4v) is 1.20. The Kier molecular flexibility index (Phi) is 4.37. The first-order valence-electron chi connectivity index (χ1n) is 4.98. The second-order valence-corrected chi connectivity index (χ2v) is 3.43. The zero-order valence-electron chi connectivity index (χ0n) is 9.45. The summed E-state index contributed by atoms with van der Waals surface area (Å²) < 4.78 is 11.1. The van der Waals surface area contributed by atoms with Crippen molar-refractivity contribution in [3.05, 3.63) is 28.6 Å². The Bertz CT molecular complexity index is 326. The molecule has 0 saturated heterocycles. The topological polar surface area (TPSA) is 45.4 Å². The zero-order valence-corrected chi connectivity index (χ0v) is 9.45. The minimum atomic E-state index is 0.356. The fraction of sp³-hybridized carbons (Fsp3) is 0.545. The summed E-state index contributed by atoms with van der Waals surface area (Å²) in [7, 11) is 1.64. The molecule has 1 aromatic heterocycles. The van der Waals surface area contributed by atoms with Crippen molar-refractivity contribution in [2.75, 3.05) is 20.3 Å². The van der Waals surface area contributed by atoms with Crippen LogP contribution < -0.4 is 9.47 Å². The smallest absolute Gasteiger partial charge is 0.379 e. The number of hydrogen-bond donors (Lipinski definition) is 0. The van der Waals surface area contributed by atoms with E-state index in [1.807, 2.05) is 13.0 Å². The molecule has 0 atom stereocenters. The minimum absolute atomic E-state index is 0.356. The molecule has 1 aromatic rings. The molecule has 1 heterocycles. The van der Waals surface area contributed by atoms with E-state index >= 15 is 0 Å². The van der Waals surface area contributed by atoms with E-state index in [4.69, 9.17) is 9.47 Å². The number of aromatic nitrogens is 1. The molecule has 0 spiro atoms. The summed E-state index contributed by atoms with van der Waals surface area (Å²) >= 11 is 0. The van der Waals surface area contributed by atoms with Gasteiger partial charge in [-0.2, -0.15) is 0 Å². The second kappa shape index (κ2) is 5.56. The molecule has 1 rings (SSSR count). The van der Waals surface area contributed by atoms with Crippen molar-refractivity contribution in [3.8, 4) is 5.88 Å². The van der Waals surface area contributed by atoms with Crippen LogP contribution in [0.2, 0.25) is 0 Å². The molecule has 4 heteroatoms. The van der Waals surface area contributed by atoms with E-state index < -0.39 is 0 Å². The Morgan fingerprint density at radius 2 is 2.00 bits per heavy atom. The van der Waals surface area contributed by atoms with Crippen molar-refractivity contribution in [2.24, 2.45) is 0 Å². The molecule has 0 aliphatic heterocycles. The van der Waals surface area contributed by atoms with Crippen LogP contribution in [0.1, 0.15) is 17.7 Å². The summed E-state index contributed by atoms with van der Waals surface area (Å²) in [6.07, 6.45) is 0.781. The van der Waals surface area contributed by atoms with Crippen molar-refractivity contribution in [2.45, 2.75) is 20.3 Å². The Balaban J connectivity index is 2.58. The highest BCUT2D eigenvalue weighted by atomic mass is 16.6. The number of rotatable bonds is 5. The van der Waals surface area contributed by atoms with Gasteiger partial charge in [0.25, 0.3) is 0 Å². The van der Waals surface area contributed by atoms with Crippen LogP contribution in [0.4, 0.5) is 0 Å². The number of aryl methyl sites for hydroxylation is 1. The van der Waals surface area contributed by atoms with Crippen molar-refractivity contribution in [1.82, 2.24) is 0 Å². The Morgan fingerprint density at radius 1 is 1.27 bits per heavy atom. The molecule has 84 valence electrons. The minimum Gasteiger partial charge on any atom is -0.616 e. The predicted octanol–water partition coefficient (Wildman–Crippen LogP) is 1.35. The van der Waals surface area contributed by atoms with Crippen molar-refractivity contribution in [1.29, 1.82) is 0 Å². The van der Waals surface area contributed by atoms with Crippen LogP contribution in [0.5, 0.6) is 5.88 Å². The summed E-state index contributed by atoms with van der Waals surface area (Å²) in [4.78, 5) is 0. The average Bonchev–Trinajstić information content (AvgIpc) is 2.24. The van der Waals surface area contributed by atoms with E-state index in [-0.39, 0.29) is 0 Å². The van der Waals surface area contributed by atoms with Gasteiger partial charge >= 0.3 is 5.88 Å². The van der Waals surface area contributed by atoms with Gasteiger partial charge in [0, 0.05) is 32.6 Å². The monoisotopic (exact) mass is 211 g/mol. The standard InChI is InChI=1S/C11H17NO3/c1-9-5-6-11(12(13)10(9)2)15-8-4-7-14-3/h5-6H,4,7-8H2,1-3H3. The number of nitrogens with zero attached hydrogens (tertiary/aromatic N) is 1. The third-order valence-electron chi connectivity index (χ3n) is 2.29. The molecule has 0 N–H and O–H groups in total. The van der Waals surface area contributed by atoms with Gasteiger partial charge in [-0.25, -0.2) is 0 Å². The number of pyridine rings is 1. The lowest BCUT2D eigenvalue weighted by atomic mass is 10.2. The first-order chi connectivity index (χ1) is 7.16. The molecular weight excluding hydrogens is 194 g/mol. The molecule has 4 nitrogen and oxygen atoms in total. The molecule has 0 unspecified atom stereocenters. The predicted molar refractivity (Wildman–Crippen MR) is 56.9 cm³/mol. The average molecular weight is 211 g/mol. The Hall–Kier alpha value is -1.29. The highest BCUT2D eigenvalue weighted by Gasteiger charge is 2.10. The van der Waals surface area contributed by atoms with E-state index in [2.05, 4.69) is 0 Å². The summed E-state index contributed by atoms with van der Waals surface area (Å²) in [5, 5.41) is 11.6. The van der Waals surface area contributed by atoms with Gasteiger partial charge in [0.2, 0.25) is 0 Å². The van der Waals surface area contributed by atoms with Gasteiger partial charge in [-0.05, 0) is 13.0 Å². The fourth-order valence-electron chi connectivity index (χ4n) is 1.20. The van der Waals surface area contributed by atoms with Gasteiger partial charge in [0.15, 0.2) is 5.69 Å². The van der Waals surface area contributed by atoms with Crippen LogP contribution in [0, 0.1) is 19.1 Å². The van der Waals surface area contributed by atoms with Gasteiger partial charge in [0.05, 0.1) is 12.7 Å². The van der Waals surface area contributed by atoms with Crippen LogP contribution in [0.3, 0.4) is 0 Å². The lowest BCUT2D eigenvalue weighted by Gasteiger charge is -2.09. The molecule has 0 saturated carbocycles. The third kappa shape index (κ3) is 3.09. The normalized spacial score (nSPS) is 10.3. The van der Waals surface area contributed by atoms with E-state index in [0.717, 1.165) is 16.7 Å². The molecule has 0 aliphatic carbocycles. The summed E-state index contributed by atoms with van der Waals surface area (Å²) in [5.41, 5.74) is 1.65. The summed E-state index contributed by atoms with van der Waals surface area (Å²) in [6.45, 7) is 4.82. The maximum atomic E-state index is 11.6. The Labute approximate surface area is 90.0 Å². The van der Waals surface area contributed by atoms with Crippen molar-refractivity contribution in [3.63, 3.8) is 0 Å². The highest BCUT2D eigenvalue weighted by Crippen LogP contribution is 2.08. The molecule has 0 aromatic carbocycles. The lowest BCUT2D eigenvalue weighted by molar-refractivity contribution is -0.619. The largest absolute Gasteiger partial charge is 0.616 e. The molecule has 0 fully saturated rings. The van der Waals surface area contributed by atoms with Crippen LogP contribution >= 0.6 is 0 Å². The van der Waals surface area contributed by atoms with Gasteiger partial charge in [-0.1, -0.05) is 0 Å². The number of methoxy groups -OCH3 is 1. The van der Waals surface area contributed by atoms with Crippen LogP contribution in [0.25, 0.3) is 0 Å². The molecule has 0 aliphatic rings. The maximum absolute atomic E-state index is 11.6. The summed E-state index contributed by atoms with van der Waals surface area (Å²) in [5.74, 6) is 0.356. The van der Waals surface area contributed by atoms with E-state index in [1.54, 1.807) is 20.1 Å². The Morgan fingerprint density at radius 3 is 2.67 bits per heavy atom.